The molecule has 112 valence electrons. The van der Waals surface area contributed by atoms with Gasteiger partial charge in [0.05, 0.1) is 0 Å². The lowest BCUT2D eigenvalue weighted by molar-refractivity contribution is 0.562. The summed E-state index contributed by atoms with van der Waals surface area (Å²) in [5.74, 6) is 1.23. The number of hydrogen-bond donors (Lipinski definition) is 2. The first-order chi connectivity index (χ1) is 10.6. The van der Waals surface area contributed by atoms with Crippen LogP contribution in [-0.4, -0.2) is 12.2 Å². The van der Waals surface area contributed by atoms with Gasteiger partial charge < -0.3 is 0 Å². The second-order valence-electron chi connectivity index (χ2n) is 5.13. The first kappa shape index (κ1) is 17.3. The number of carbonyl (C=O) groups excluding carboxylic acids is 2. The van der Waals surface area contributed by atoms with E-state index in [2.05, 4.69) is 62.4 Å². The lowest BCUT2D eigenvalue weighted by atomic mass is 9.80. The van der Waals surface area contributed by atoms with Crippen molar-refractivity contribution in [2.24, 2.45) is 5.92 Å². The molecule has 2 aromatic carbocycles. The van der Waals surface area contributed by atoms with Crippen LogP contribution >= 0.6 is 0 Å². The average molecular weight is 294 g/mol. The number of allylic oxidation sites excluding steroid dienone is 1. The van der Waals surface area contributed by atoms with E-state index in [0.717, 1.165) is 12.2 Å². The summed E-state index contributed by atoms with van der Waals surface area (Å²) in [5, 5.41) is 13.6. The molecule has 0 aliphatic heterocycles. The van der Waals surface area contributed by atoms with Gasteiger partial charge in [-0.1, -0.05) is 62.4 Å². The number of benzene rings is 2. The van der Waals surface area contributed by atoms with Crippen molar-refractivity contribution in [3.05, 3.63) is 53.6 Å². The van der Waals surface area contributed by atoms with E-state index in [0.29, 0.717) is 11.8 Å². The molecule has 3 rings (SSSR count). The monoisotopic (exact) mass is 294 g/mol. The second kappa shape index (κ2) is 8.48. The van der Waals surface area contributed by atoms with Crippen LogP contribution in [0, 0.1) is 16.7 Å². The highest BCUT2D eigenvalue weighted by molar-refractivity contribution is 5.95. The van der Waals surface area contributed by atoms with Gasteiger partial charge in [-0.2, -0.15) is 0 Å². The van der Waals surface area contributed by atoms with Gasteiger partial charge in [0, 0.05) is 5.92 Å². The van der Waals surface area contributed by atoms with E-state index in [4.69, 9.17) is 20.4 Å². The van der Waals surface area contributed by atoms with E-state index < -0.39 is 0 Å². The minimum atomic E-state index is 0.568. The molecule has 1 unspecified atom stereocenters. The van der Waals surface area contributed by atoms with Gasteiger partial charge in [0.15, 0.2) is 0 Å². The van der Waals surface area contributed by atoms with Crippen molar-refractivity contribution >= 4 is 29.0 Å². The molecular weight excluding hydrogens is 276 g/mol. The van der Waals surface area contributed by atoms with Crippen molar-refractivity contribution in [2.45, 2.75) is 19.8 Å². The van der Waals surface area contributed by atoms with Crippen molar-refractivity contribution in [3.8, 4) is 0 Å². The van der Waals surface area contributed by atoms with Gasteiger partial charge in [-0.15, -0.1) is 0 Å². The SMILES string of the molecule is CC(C)C1C=Cc2cccc3cccc1c23.N=C=O.N=C=O. The van der Waals surface area contributed by atoms with Crippen molar-refractivity contribution in [1.82, 2.24) is 0 Å². The van der Waals surface area contributed by atoms with Crippen molar-refractivity contribution in [2.75, 3.05) is 0 Å². The normalized spacial score (nSPS) is 14.0. The largest absolute Gasteiger partial charge is 0.231 e. The van der Waals surface area contributed by atoms with E-state index in [1.54, 1.807) is 0 Å². The fourth-order valence-electron chi connectivity index (χ4n) is 2.71. The predicted octanol–water partition coefficient (Wildman–Crippen LogP) is 4.41. The Morgan fingerprint density at radius 3 is 2.09 bits per heavy atom. The summed E-state index contributed by atoms with van der Waals surface area (Å²) in [4.78, 5) is 16.7. The second-order valence-corrected chi connectivity index (χ2v) is 5.13. The Kier molecular flexibility index (Phi) is 6.65. The molecule has 0 amide bonds. The summed E-state index contributed by atoms with van der Waals surface area (Å²) in [6, 6.07) is 13.2. The summed E-state index contributed by atoms with van der Waals surface area (Å²) in [5.41, 5.74) is 2.86. The Bertz CT molecular complexity index is 719. The van der Waals surface area contributed by atoms with Crippen molar-refractivity contribution in [3.63, 3.8) is 0 Å². The third kappa shape index (κ3) is 3.86. The van der Waals surface area contributed by atoms with Gasteiger partial charge >= 0.3 is 0 Å². The third-order valence-electron chi connectivity index (χ3n) is 3.53. The topological polar surface area (TPSA) is 81.8 Å². The molecule has 1 atom stereocenters. The van der Waals surface area contributed by atoms with Crippen LogP contribution in [0.5, 0.6) is 0 Å². The average Bonchev–Trinajstić information content (AvgIpc) is 2.49. The van der Waals surface area contributed by atoms with E-state index in [9.17, 15) is 0 Å². The molecule has 4 heteroatoms. The molecule has 0 heterocycles. The summed E-state index contributed by atoms with van der Waals surface area (Å²) >= 11 is 0. The first-order valence-corrected chi connectivity index (χ1v) is 6.88. The maximum Gasteiger partial charge on any atom is 0.231 e. The Morgan fingerprint density at radius 1 is 1.00 bits per heavy atom. The lowest BCUT2D eigenvalue weighted by Gasteiger charge is -2.24. The molecule has 22 heavy (non-hydrogen) atoms. The van der Waals surface area contributed by atoms with Crippen LogP contribution in [0.2, 0.25) is 0 Å². The van der Waals surface area contributed by atoms with Crippen LogP contribution in [-0.2, 0) is 9.59 Å². The summed E-state index contributed by atoms with van der Waals surface area (Å²) in [7, 11) is 0. The molecule has 0 bridgehead atoms. The molecule has 2 aromatic rings. The number of rotatable bonds is 1. The highest BCUT2D eigenvalue weighted by atomic mass is 16.1. The van der Waals surface area contributed by atoms with Crippen LogP contribution < -0.4 is 0 Å². The molecule has 0 saturated carbocycles. The highest BCUT2D eigenvalue weighted by Gasteiger charge is 2.19. The molecule has 0 aromatic heterocycles. The molecule has 4 nitrogen and oxygen atoms in total. The molecule has 1 aliphatic carbocycles. The van der Waals surface area contributed by atoms with Crippen LogP contribution in [0.15, 0.2) is 42.5 Å². The predicted molar refractivity (Wildman–Crippen MR) is 87.4 cm³/mol. The lowest BCUT2D eigenvalue weighted by Crippen LogP contribution is -2.07. The summed E-state index contributed by atoms with van der Waals surface area (Å²) < 4.78 is 0. The zero-order valence-corrected chi connectivity index (χ0v) is 12.6. The third-order valence-corrected chi connectivity index (χ3v) is 3.53. The number of hydrogen-bond acceptors (Lipinski definition) is 4. The van der Waals surface area contributed by atoms with Gasteiger partial charge in [-0.3, -0.25) is 0 Å². The van der Waals surface area contributed by atoms with Gasteiger partial charge in [-0.25, -0.2) is 20.4 Å². The molecule has 2 N–H and O–H groups in total. The van der Waals surface area contributed by atoms with E-state index in [-0.39, 0.29) is 0 Å². The molecule has 0 fully saturated rings. The van der Waals surface area contributed by atoms with Gasteiger partial charge in [-0.05, 0) is 27.8 Å². The van der Waals surface area contributed by atoms with Gasteiger partial charge in [0.2, 0.25) is 12.2 Å². The first-order valence-electron chi connectivity index (χ1n) is 6.88. The standard InChI is InChI=1S/C16H16.2CHNO/c1-11(2)14-10-9-13-6-3-5-12-7-4-8-15(14)16(12)13;2*2-1-3/h3-11,14H,1-2H3;2*2H. The Morgan fingerprint density at radius 2 is 1.55 bits per heavy atom. The molecule has 0 spiro atoms. The van der Waals surface area contributed by atoms with Crippen LogP contribution in [0.4, 0.5) is 0 Å². The smallest absolute Gasteiger partial charge is 0.222 e. The zero-order chi connectivity index (χ0) is 16.5. The van der Waals surface area contributed by atoms with Crippen molar-refractivity contribution in [1.29, 1.82) is 10.8 Å². The molecule has 0 radical (unpaired) electrons. The van der Waals surface area contributed by atoms with Crippen LogP contribution in [0.1, 0.15) is 30.9 Å². The Hall–Kier alpha value is -2.80. The summed E-state index contributed by atoms with van der Waals surface area (Å²) in [6.45, 7) is 4.59. The van der Waals surface area contributed by atoms with Crippen LogP contribution in [0.25, 0.3) is 16.8 Å². The molecule has 1 aliphatic rings. The molecular formula is C18H18N2O2. The maximum atomic E-state index is 8.35. The summed E-state index contributed by atoms with van der Waals surface area (Å²) in [6.07, 6.45) is 6.13. The number of nitrogens with one attached hydrogen (secondary N) is 2. The minimum absolute atomic E-state index is 0.568. The quantitative estimate of drug-likeness (QED) is 0.603. The fourth-order valence-corrected chi connectivity index (χ4v) is 2.71. The minimum Gasteiger partial charge on any atom is -0.222 e. The Labute approximate surface area is 129 Å². The maximum absolute atomic E-state index is 8.35. The number of isocyanates is 2. The zero-order valence-electron chi connectivity index (χ0n) is 12.6. The van der Waals surface area contributed by atoms with E-state index in [1.165, 1.54) is 21.9 Å². The van der Waals surface area contributed by atoms with E-state index >= 15 is 0 Å². The molecule has 0 saturated heterocycles. The van der Waals surface area contributed by atoms with Gasteiger partial charge in [0.25, 0.3) is 0 Å². The van der Waals surface area contributed by atoms with Crippen molar-refractivity contribution < 1.29 is 9.59 Å². The Balaban J connectivity index is 0.000000353. The van der Waals surface area contributed by atoms with Crippen LogP contribution in [0.3, 0.4) is 0 Å². The van der Waals surface area contributed by atoms with E-state index in [1.807, 2.05) is 0 Å². The van der Waals surface area contributed by atoms with Gasteiger partial charge in [0.1, 0.15) is 0 Å². The fraction of sp³-hybridized carbons (Fsp3) is 0.222. The highest BCUT2D eigenvalue weighted by Crippen LogP contribution is 2.37.